The third kappa shape index (κ3) is 3.73. The average Bonchev–Trinajstić information content (AvgIpc) is 3.21. The fourth-order valence-electron chi connectivity index (χ4n) is 2.71. The Kier molecular flexibility index (Phi) is 4.87. The molecule has 1 aliphatic carbocycles. The molecule has 106 valence electrons. The molecule has 2 heteroatoms. The maximum Gasteiger partial charge on any atom is 0.0402 e. The first-order valence-electron chi connectivity index (χ1n) is 7.77. The Hall–Kier alpha value is -1.02. The molecular formula is C17H28N2. The molecule has 2 rings (SSSR count). The largest absolute Gasteiger partial charge is 0.368 e. The predicted octanol–water partition coefficient (Wildman–Crippen LogP) is 3.65. The van der Waals surface area contributed by atoms with E-state index in [-0.39, 0.29) is 6.04 Å². The molecular weight excluding hydrogens is 232 g/mol. The van der Waals surface area contributed by atoms with Gasteiger partial charge in [0.05, 0.1) is 0 Å². The molecule has 19 heavy (non-hydrogen) atoms. The lowest BCUT2D eigenvalue weighted by Gasteiger charge is -2.28. The molecule has 1 aromatic carbocycles. The quantitative estimate of drug-likeness (QED) is 0.811. The van der Waals surface area contributed by atoms with Crippen molar-refractivity contribution in [3.8, 4) is 0 Å². The zero-order valence-electron chi connectivity index (χ0n) is 12.7. The van der Waals surface area contributed by atoms with Crippen LogP contribution < -0.4 is 10.6 Å². The van der Waals surface area contributed by atoms with Crippen molar-refractivity contribution in [1.82, 2.24) is 0 Å². The molecule has 1 atom stereocenters. The third-order valence-electron chi connectivity index (χ3n) is 4.00. The van der Waals surface area contributed by atoms with Gasteiger partial charge in [-0.1, -0.05) is 31.5 Å². The number of anilines is 1. The van der Waals surface area contributed by atoms with E-state index in [0.29, 0.717) is 0 Å². The number of aryl methyl sites for hydroxylation is 1. The lowest BCUT2D eigenvalue weighted by atomic mass is 10.00. The molecule has 0 aliphatic heterocycles. The van der Waals surface area contributed by atoms with Crippen LogP contribution in [0.15, 0.2) is 18.2 Å². The highest BCUT2D eigenvalue weighted by Gasteiger charge is 2.29. The van der Waals surface area contributed by atoms with Gasteiger partial charge in [0.1, 0.15) is 0 Å². The van der Waals surface area contributed by atoms with Gasteiger partial charge >= 0.3 is 0 Å². The molecule has 2 N–H and O–H groups in total. The van der Waals surface area contributed by atoms with E-state index in [9.17, 15) is 0 Å². The van der Waals surface area contributed by atoms with Crippen molar-refractivity contribution in [2.45, 2.75) is 65.0 Å². The highest BCUT2D eigenvalue weighted by molar-refractivity contribution is 5.57. The number of nitrogens with two attached hydrogens (primary N) is 1. The van der Waals surface area contributed by atoms with Crippen LogP contribution in [0, 0.1) is 6.92 Å². The van der Waals surface area contributed by atoms with Crippen molar-refractivity contribution in [2.75, 3.05) is 11.4 Å². The van der Waals surface area contributed by atoms with Gasteiger partial charge < -0.3 is 10.6 Å². The van der Waals surface area contributed by atoms with Gasteiger partial charge in [0, 0.05) is 24.3 Å². The Bertz CT molecular complexity index is 410. The summed E-state index contributed by atoms with van der Waals surface area (Å²) in [6, 6.07) is 7.93. The number of benzene rings is 1. The molecule has 1 saturated carbocycles. The molecule has 0 radical (unpaired) electrons. The van der Waals surface area contributed by atoms with Crippen molar-refractivity contribution in [3.63, 3.8) is 0 Å². The van der Waals surface area contributed by atoms with Gasteiger partial charge in [0.15, 0.2) is 0 Å². The molecule has 0 bridgehead atoms. The summed E-state index contributed by atoms with van der Waals surface area (Å²) in [7, 11) is 0. The van der Waals surface area contributed by atoms with Crippen LogP contribution in [0.25, 0.3) is 0 Å². The lowest BCUT2D eigenvalue weighted by molar-refractivity contribution is 0.642. The summed E-state index contributed by atoms with van der Waals surface area (Å²) in [6.45, 7) is 7.78. The van der Waals surface area contributed by atoms with E-state index in [1.807, 2.05) is 0 Å². The summed E-state index contributed by atoms with van der Waals surface area (Å²) in [4.78, 5) is 2.61. The topological polar surface area (TPSA) is 29.3 Å². The van der Waals surface area contributed by atoms with Crippen LogP contribution in [0.2, 0.25) is 0 Å². The standard InChI is InChI=1S/C17H28N2/c1-4-10-19(16-7-8-16)17-9-6-13(3)11-14(17)12-15(18)5-2/h6,9,11,15-16H,4-5,7-8,10,12,18H2,1-3H3. The Morgan fingerprint density at radius 1 is 1.32 bits per heavy atom. The summed E-state index contributed by atoms with van der Waals surface area (Å²) in [5.41, 5.74) is 10.4. The van der Waals surface area contributed by atoms with Crippen LogP contribution in [-0.2, 0) is 6.42 Å². The van der Waals surface area contributed by atoms with E-state index < -0.39 is 0 Å². The van der Waals surface area contributed by atoms with Gasteiger partial charge in [-0.05, 0) is 50.7 Å². The van der Waals surface area contributed by atoms with E-state index >= 15 is 0 Å². The highest BCUT2D eigenvalue weighted by atomic mass is 15.2. The van der Waals surface area contributed by atoms with Gasteiger partial charge in [0.25, 0.3) is 0 Å². The first-order valence-corrected chi connectivity index (χ1v) is 7.77. The normalized spacial score (nSPS) is 16.4. The van der Waals surface area contributed by atoms with E-state index in [1.54, 1.807) is 0 Å². The molecule has 0 spiro atoms. The van der Waals surface area contributed by atoms with Crippen LogP contribution in [-0.4, -0.2) is 18.6 Å². The number of hydrogen-bond acceptors (Lipinski definition) is 2. The van der Waals surface area contributed by atoms with Crippen molar-refractivity contribution in [3.05, 3.63) is 29.3 Å². The van der Waals surface area contributed by atoms with E-state index in [2.05, 4.69) is 43.9 Å². The minimum absolute atomic E-state index is 0.281. The second-order valence-corrected chi connectivity index (χ2v) is 5.93. The van der Waals surface area contributed by atoms with Gasteiger partial charge in [-0.2, -0.15) is 0 Å². The van der Waals surface area contributed by atoms with Crippen LogP contribution in [0.5, 0.6) is 0 Å². The number of nitrogens with zero attached hydrogens (tertiary/aromatic N) is 1. The van der Waals surface area contributed by atoms with Crippen molar-refractivity contribution in [2.24, 2.45) is 5.73 Å². The smallest absolute Gasteiger partial charge is 0.0402 e. The summed E-state index contributed by atoms with van der Waals surface area (Å²) >= 11 is 0. The summed E-state index contributed by atoms with van der Waals surface area (Å²) in [6.07, 6.45) is 5.97. The fourth-order valence-corrected chi connectivity index (χ4v) is 2.71. The number of hydrogen-bond donors (Lipinski definition) is 1. The summed E-state index contributed by atoms with van der Waals surface area (Å²) in [5.74, 6) is 0. The monoisotopic (exact) mass is 260 g/mol. The van der Waals surface area contributed by atoms with Gasteiger partial charge in [-0.15, -0.1) is 0 Å². The minimum Gasteiger partial charge on any atom is -0.368 e. The first kappa shape index (κ1) is 14.4. The molecule has 1 fully saturated rings. The predicted molar refractivity (Wildman–Crippen MR) is 83.8 cm³/mol. The van der Waals surface area contributed by atoms with Crippen molar-refractivity contribution < 1.29 is 0 Å². The Morgan fingerprint density at radius 3 is 2.63 bits per heavy atom. The molecule has 1 aromatic rings. The molecule has 0 aromatic heterocycles. The molecule has 1 unspecified atom stereocenters. The first-order chi connectivity index (χ1) is 9.15. The highest BCUT2D eigenvalue weighted by Crippen LogP contribution is 2.34. The van der Waals surface area contributed by atoms with Gasteiger partial charge in [-0.25, -0.2) is 0 Å². The minimum atomic E-state index is 0.281. The van der Waals surface area contributed by atoms with Crippen LogP contribution in [0.1, 0.15) is 50.7 Å². The zero-order valence-corrected chi connectivity index (χ0v) is 12.7. The van der Waals surface area contributed by atoms with Crippen molar-refractivity contribution >= 4 is 5.69 Å². The zero-order chi connectivity index (χ0) is 13.8. The van der Waals surface area contributed by atoms with E-state index in [1.165, 1.54) is 42.6 Å². The van der Waals surface area contributed by atoms with Crippen LogP contribution in [0.4, 0.5) is 5.69 Å². The van der Waals surface area contributed by atoms with Crippen molar-refractivity contribution in [1.29, 1.82) is 0 Å². The van der Waals surface area contributed by atoms with Crippen LogP contribution in [0.3, 0.4) is 0 Å². The Labute approximate surface area is 118 Å². The van der Waals surface area contributed by atoms with E-state index in [4.69, 9.17) is 5.73 Å². The maximum absolute atomic E-state index is 6.17. The third-order valence-corrected chi connectivity index (χ3v) is 4.00. The Morgan fingerprint density at radius 2 is 2.05 bits per heavy atom. The SMILES string of the molecule is CCCN(c1ccc(C)cc1CC(N)CC)C1CC1. The van der Waals surface area contributed by atoms with Gasteiger partial charge in [0.2, 0.25) is 0 Å². The average molecular weight is 260 g/mol. The summed E-state index contributed by atoms with van der Waals surface area (Å²) in [5, 5.41) is 0. The second-order valence-electron chi connectivity index (χ2n) is 5.93. The molecule has 0 amide bonds. The van der Waals surface area contributed by atoms with Crippen LogP contribution >= 0.6 is 0 Å². The van der Waals surface area contributed by atoms with E-state index in [0.717, 1.165) is 18.9 Å². The number of rotatable bonds is 7. The lowest BCUT2D eigenvalue weighted by Crippen LogP contribution is -2.29. The molecule has 2 nitrogen and oxygen atoms in total. The molecule has 0 saturated heterocycles. The molecule has 1 aliphatic rings. The second kappa shape index (κ2) is 6.42. The molecule has 0 heterocycles. The maximum atomic E-state index is 6.17. The van der Waals surface area contributed by atoms with Gasteiger partial charge in [-0.3, -0.25) is 0 Å². The fraction of sp³-hybridized carbons (Fsp3) is 0.647. The Balaban J connectivity index is 2.26. The summed E-state index contributed by atoms with van der Waals surface area (Å²) < 4.78 is 0.